The third kappa shape index (κ3) is 5.26. The molecule has 2 bridgehead atoms. The molecule has 7 rings (SSSR count). The summed E-state index contributed by atoms with van der Waals surface area (Å²) in [5.41, 5.74) is -6.96. The molecule has 0 aliphatic carbocycles. The number of alkyl halides is 6. The molecule has 9 nitrogen and oxygen atoms in total. The summed E-state index contributed by atoms with van der Waals surface area (Å²) in [6.45, 7) is 2.81. The Morgan fingerprint density at radius 2 is 1.67 bits per heavy atom. The lowest BCUT2D eigenvalue weighted by Crippen LogP contribution is -2.51. The Morgan fingerprint density at radius 1 is 1.00 bits per heavy atom. The van der Waals surface area contributed by atoms with Crippen molar-refractivity contribution in [3.63, 3.8) is 0 Å². The fourth-order valence-electron chi connectivity index (χ4n) is 7.57. The zero-order chi connectivity index (χ0) is 31.9. The molecule has 6 heterocycles. The van der Waals surface area contributed by atoms with Crippen molar-refractivity contribution >= 4 is 28.3 Å². The number of pyridine rings is 1. The summed E-state index contributed by atoms with van der Waals surface area (Å²) in [4.78, 5) is 26.9. The van der Waals surface area contributed by atoms with Crippen molar-refractivity contribution < 1.29 is 36.2 Å². The van der Waals surface area contributed by atoms with Crippen LogP contribution in [0.3, 0.4) is 0 Å². The highest BCUT2D eigenvalue weighted by molar-refractivity contribution is 6.31. The zero-order valence-electron chi connectivity index (χ0n) is 23.8. The first-order valence-corrected chi connectivity index (χ1v) is 15.2. The Bertz CT molecular complexity index is 1710. The van der Waals surface area contributed by atoms with Gasteiger partial charge in [0.15, 0.2) is 0 Å². The van der Waals surface area contributed by atoms with Crippen molar-refractivity contribution in [3.05, 3.63) is 44.8 Å². The Hall–Kier alpha value is -3.30. The van der Waals surface area contributed by atoms with Crippen LogP contribution < -0.4 is 20.5 Å². The summed E-state index contributed by atoms with van der Waals surface area (Å²) in [5.74, 6) is -0.816. The average molecular weight is 659 g/mol. The van der Waals surface area contributed by atoms with Crippen LogP contribution in [0.25, 0.3) is 16.6 Å². The fraction of sp³-hybridized carbons (Fsp3) is 0.552. The minimum absolute atomic E-state index is 0.0420. The van der Waals surface area contributed by atoms with Crippen LogP contribution in [0.15, 0.2) is 23.0 Å². The molecule has 0 unspecified atom stereocenters. The smallest absolute Gasteiger partial charge is 0.431 e. The zero-order valence-corrected chi connectivity index (χ0v) is 24.6. The van der Waals surface area contributed by atoms with Crippen molar-refractivity contribution in [2.24, 2.45) is 0 Å². The van der Waals surface area contributed by atoms with Gasteiger partial charge < -0.3 is 20.1 Å². The van der Waals surface area contributed by atoms with Gasteiger partial charge in [0.25, 0.3) is 5.56 Å². The van der Waals surface area contributed by atoms with Gasteiger partial charge in [-0.2, -0.15) is 36.3 Å². The number of rotatable bonds is 5. The molecule has 4 aliphatic rings. The number of fused-ring (bicyclic) bond motifs is 4. The highest BCUT2D eigenvalue weighted by atomic mass is 35.5. The molecular formula is C29H29ClF6N6O3. The molecule has 3 aromatic rings. The number of nitrogens with zero attached hydrogens (tertiary/aromatic N) is 5. The SMILES string of the molecule is O=c1c2nc(OCC34CCCN3CCC4)nc(N3C[C@H]4CC[C@@H](C3)N4)c2cc(C(F)(F)F)n1-c1cc(O)cc(Cl)c1C(F)(F)F. The molecule has 16 heteroatoms. The lowest BCUT2D eigenvalue weighted by molar-refractivity contribution is -0.144. The van der Waals surface area contributed by atoms with Gasteiger partial charge in [0.05, 0.1) is 27.2 Å². The molecular weight excluding hydrogens is 630 g/mol. The number of anilines is 1. The number of nitrogens with one attached hydrogen (secondary N) is 1. The summed E-state index contributed by atoms with van der Waals surface area (Å²) in [5, 5.41) is 12.2. The second-order valence-electron chi connectivity index (χ2n) is 12.3. The van der Waals surface area contributed by atoms with E-state index in [4.69, 9.17) is 16.3 Å². The second-order valence-corrected chi connectivity index (χ2v) is 12.7. The predicted octanol–water partition coefficient (Wildman–Crippen LogP) is 5.13. The molecule has 242 valence electrons. The van der Waals surface area contributed by atoms with Gasteiger partial charge in [0, 0.05) is 31.2 Å². The summed E-state index contributed by atoms with van der Waals surface area (Å²) in [6, 6.07) is 1.42. The number of ether oxygens (including phenoxy) is 1. The summed E-state index contributed by atoms with van der Waals surface area (Å²) < 4.78 is 92.4. The van der Waals surface area contributed by atoms with Crippen molar-refractivity contribution in [3.8, 4) is 17.4 Å². The van der Waals surface area contributed by atoms with Gasteiger partial charge in [0.1, 0.15) is 29.4 Å². The van der Waals surface area contributed by atoms with E-state index in [1.165, 1.54) is 0 Å². The first kappa shape index (κ1) is 30.4. The van der Waals surface area contributed by atoms with Gasteiger partial charge in [-0.15, -0.1) is 0 Å². The molecule has 2 N–H and O–H groups in total. The van der Waals surface area contributed by atoms with Gasteiger partial charge in [0.2, 0.25) is 0 Å². The maximum atomic E-state index is 14.6. The van der Waals surface area contributed by atoms with E-state index in [1.54, 1.807) is 4.90 Å². The number of aromatic nitrogens is 3. The van der Waals surface area contributed by atoms with Gasteiger partial charge in [-0.1, -0.05) is 11.6 Å². The topological polar surface area (TPSA) is 95.8 Å². The molecule has 0 saturated carbocycles. The van der Waals surface area contributed by atoms with E-state index < -0.39 is 51.1 Å². The van der Waals surface area contributed by atoms with Gasteiger partial charge in [-0.3, -0.25) is 14.3 Å². The molecule has 0 amide bonds. The molecule has 4 fully saturated rings. The van der Waals surface area contributed by atoms with Crippen LogP contribution in [-0.2, 0) is 12.4 Å². The largest absolute Gasteiger partial charge is 0.508 e. The summed E-state index contributed by atoms with van der Waals surface area (Å²) >= 11 is 5.80. The van der Waals surface area contributed by atoms with E-state index in [-0.39, 0.29) is 46.0 Å². The van der Waals surface area contributed by atoms with Gasteiger partial charge in [-0.05, 0) is 63.7 Å². The normalized spacial score (nSPS) is 23.2. The van der Waals surface area contributed by atoms with Crippen LogP contribution in [0, 0.1) is 0 Å². The number of hydrogen-bond donors (Lipinski definition) is 2. The van der Waals surface area contributed by atoms with Crippen molar-refractivity contribution in [1.82, 2.24) is 24.8 Å². The average Bonchev–Trinajstić information content (AvgIpc) is 3.63. The highest BCUT2D eigenvalue weighted by Gasteiger charge is 2.46. The Labute approximate surface area is 257 Å². The van der Waals surface area contributed by atoms with Crippen molar-refractivity contribution in [2.45, 2.75) is 68.5 Å². The number of phenols is 1. The predicted molar refractivity (Wildman–Crippen MR) is 152 cm³/mol. The molecule has 2 aromatic heterocycles. The first-order valence-electron chi connectivity index (χ1n) is 14.8. The van der Waals surface area contributed by atoms with E-state index in [1.807, 2.05) is 0 Å². The lowest BCUT2D eigenvalue weighted by Gasteiger charge is -2.35. The minimum atomic E-state index is -5.29. The van der Waals surface area contributed by atoms with Crippen molar-refractivity contribution in [1.29, 1.82) is 0 Å². The van der Waals surface area contributed by atoms with E-state index >= 15 is 0 Å². The highest BCUT2D eigenvalue weighted by Crippen LogP contribution is 2.44. The van der Waals surface area contributed by atoms with Crippen LogP contribution in [0.4, 0.5) is 32.2 Å². The number of halogens is 7. The monoisotopic (exact) mass is 658 g/mol. The van der Waals surface area contributed by atoms with Crippen LogP contribution >= 0.6 is 11.6 Å². The third-order valence-electron chi connectivity index (χ3n) is 9.50. The van der Waals surface area contributed by atoms with Crippen LogP contribution in [0.1, 0.15) is 49.8 Å². The molecule has 1 aromatic carbocycles. The Kier molecular flexibility index (Phi) is 7.17. The number of benzene rings is 1. The van der Waals surface area contributed by atoms with Crippen molar-refractivity contribution in [2.75, 3.05) is 37.7 Å². The van der Waals surface area contributed by atoms with E-state index in [0.29, 0.717) is 31.3 Å². The standard InChI is InChI=1S/C29H29ClF6N6O3/c30-19-9-17(43)10-20(22(19)29(34,35)36)42-21(28(31,32)33)11-18-23(25(42)44)38-26(45-14-27-5-1-7-41(27)8-2-6-27)39-24(18)40-12-15-3-4-16(13-40)37-15/h9-11,15-16,37,43H,1-8,12-14H2/t15-,16+. The Morgan fingerprint density at radius 3 is 2.29 bits per heavy atom. The van der Waals surface area contributed by atoms with E-state index in [0.717, 1.165) is 51.6 Å². The maximum absolute atomic E-state index is 14.6. The third-order valence-corrected chi connectivity index (χ3v) is 9.80. The van der Waals surface area contributed by atoms with Crippen LogP contribution in [0.5, 0.6) is 11.8 Å². The summed E-state index contributed by atoms with van der Waals surface area (Å²) in [7, 11) is 0. The maximum Gasteiger partial charge on any atom is 0.431 e. The number of piperazine rings is 1. The second kappa shape index (κ2) is 10.6. The minimum Gasteiger partial charge on any atom is -0.508 e. The molecule has 0 spiro atoms. The molecule has 4 saturated heterocycles. The number of hydrogen-bond acceptors (Lipinski definition) is 8. The quantitative estimate of drug-likeness (QED) is 0.365. The van der Waals surface area contributed by atoms with Crippen LogP contribution in [0.2, 0.25) is 5.02 Å². The number of phenolic OH excluding ortho intramolecular Hbond substituents is 1. The molecule has 2 atom stereocenters. The summed E-state index contributed by atoms with van der Waals surface area (Å²) in [6.07, 6.45) is -5.13. The lowest BCUT2D eigenvalue weighted by atomic mass is 9.95. The fourth-order valence-corrected chi connectivity index (χ4v) is 7.88. The van der Waals surface area contributed by atoms with E-state index in [2.05, 4.69) is 20.2 Å². The molecule has 0 radical (unpaired) electrons. The molecule has 45 heavy (non-hydrogen) atoms. The van der Waals surface area contributed by atoms with Gasteiger partial charge in [-0.25, -0.2) is 0 Å². The van der Waals surface area contributed by atoms with E-state index in [9.17, 15) is 36.2 Å². The van der Waals surface area contributed by atoms with Crippen LogP contribution in [-0.4, -0.2) is 75.0 Å². The molecule has 4 aliphatic heterocycles. The number of aromatic hydroxyl groups is 1. The van der Waals surface area contributed by atoms with Gasteiger partial charge >= 0.3 is 18.4 Å². The Balaban J connectivity index is 1.45. The first-order chi connectivity index (χ1) is 21.2.